The molecule has 208 valence electrons. The molecule has 4 aromatic carbocycles. The first-order chi connectivity index (χ1) is 20.0. The van der Waals surface area contributed by atoms with Crippen molar-refractivity contribution in [3.8, 4) is 16.9 Å². The summed E-state index contributed by atoms with van der Waals surface area (Å²) in [6, 6.07) is 27.7. The van der Waals surface area contributed by atoms with Crippen molar-refractivity contribution in [2.24, 2.45) is 0 Å². The number of hydrogen-bond acceptors (Lipinski definition) is 3. The number of halogens is 2. The number of benzene rings is 4. The van der Waals surface area contributed by atoms with E-state index < -0.39 is 6.04 Å². The molecular formula is C34H31Cl2N3O2. The van der Waals surface area contributed by atoms with Crippen molar-refractivity contribution in [1.29, 1.82) is 5.41 Å². The van der Waals surface area contributed by atoms with E-state index in [-0.39, 0.29) is 5.96 Å². The fraction of sp³-hybridized carbons (Fsp3) is 0.206. The summed E-state index contributed by atoms with van der Waals surface area (Å²) in [5.74, 6) is 1.55. The number of rotatable bonds is 7. The first-order valence-corrected chi connectivity index (χ1v) is 14.6. The molecule has 1 aromatic heterocycles. The smallest absolute Gasteiger partial charge is 0.189 e. The summed E-state index contributed by atoms with van der Waals surface area (Å²) >= 11 is 12.4. The largest absolute Gasteiger partial charge is 0.496 e. The summed E-state index contributed by atoms with van der Waals surface area (Å²) < 4.78 is 12.3. The Kier molecular flexibility index (Phi) is 7.91. The molecule has 7 heteroatoms. The van der Waals surface area contributed by atoms with Crippen LogP contribution in [0.25, 0.3) is 22.1 Å². The minimum absolute atomic E-state index is 0.132. The summed E-state index contributed by atoms with van der Waals surface area (Å²) in [6.07, 6.45) is 4.61. The molecule has 1 atom stereocenters. The average molecular weight is 585 g/mol. The predicted octanol–water partition coefficient (Wildman–Crippen LogP) is 8.70. The van der Waals surface area contributed by atoms with Crippen LogP contribution in [-0.4, -0.2) is 13.1 Å². The van der Waals surface area contributed by atoms with E-state index in [1.54, 1.807) is 19.2 Å². The van der Waals surface area contributed by atoms with Crippen LogP contribution in [0.15, 0.2) is 89.3 Å². The van der Waals surface area contributed by atoms with Crippen LogP contribution < -0.4 is 15.4 Å². The van der Waals surface area contributed by atoms with Crippen LogP contribution in [0, 0.1) is 5.41 Å². The van der Waals surface area contributed by atoms with Crippen LogP contribution >= 0.6 is 23.2 Å². The minimum Gasteiger partial charge on any atom is -0.496 e. The summed E-state index contributed by atoms with van der Waals surface area (Å²) in [5.41, 5.74) is 7.49. The van der Waals surface area contributed by atoms with Crippen molar-refractivity contribution >= 4 is 40.1 Å². The Balaban J connectivity index is 1.38. The number of guanidine groups is 1. The lowest BCUT2D eigenvalue weighted by molar-refractivity contribution is 0.401. The molecule has 0 saturated carbocycles. The number of fused-ring (bicyclic) bond motifs is 2. The molecule has 1 aliphatic rings. The molecule has 0 saturated heterocycles. The monoisotopic (exact) mass is 583 g/mol. The lowest BCUT2D eigenvalue weighted by Gasteiger charge is -2.22. The van der Waals surface area contributed by atoms with E-state index in [1.807, 2.05) is 36.4 Å². The van der Waals surface area contributed by atoms with Crippen LogP contribution in [0.5, 0.6) is 5.75 Å². The summed E-state index contributed by atoms with van der Waals surface area (Å²) in [6.45, 7) is 0.364. The minimum atomic E-state index is -0.487. The molecule has 3 N–H and O–H groups in total. The molecule has 0 bridgehead atoms. The van der Waals surface area contributed by atoms with E-state index in [0.717, 1.165) is 46.1 Å². The Hall–Kier alpha value is -3.93. The van der Waals surface area contributed by atoms with Crippen LogP contribution in [0.4, 0.5) is 0 Å². The number of ether oxygens (including phenoxy) is 1. The Bertz CT molecular complexity index is 1670. The zero-order valence-corrected chi connectivity index (χ0v) is 24.3. The van der Waals surface area contributed by atoms with Gasteiger partial charge in [0, 0.05) is 27.5 Å². The number of hydrogen-bond donors (Lipinski definition) is 3. The molecule has 0 radical (unpaired) electrons. The second-order valence-corrected chi connectivity index (χ2v) is 11.2. The zero-order valence-electron chi connectivity index (χ0n) is 22.8. The van der Waals surface area contributed by atoms with Crippen LogP contribution in [0.2, 0.25) is 10.0 Å². The van der Waals surface area contributed by atoms with Gasteiger partial charge in [-0.25, -0.2) is 0 Å². The first-order valence-electron chi connectivity index (χ1n) is 13.8. The maximum atomic E-state index is 8.82. The van der Waals surface area contributed by atoms with E-state index in [4.69, 9.17) is 37.8 Å². The first kappa shape index (κ1) is 27.3. The normalized spacial score (nSPS) is 13.4. The van der Waals surface area contributed by atoms with Crippen molar-refractivity contribution in [1.82, 2.24) is 10.6 Å². The van der Waals surface area contributed by atoms with Gasteiger partial charge in [0.15, 0.2) is 5.96 Å². The van der Waals surface area contributed by atoms with Crippen molar-refractivity contribution in [3.63, 3.8) is 0 Å². The van der Waals surface area contributed by atoms with E-state index >= 15 is 0 Å². The molecule has 6 rings (SSSR count). The highest BCUT2D eigenvalue weighted by atomic mass is 35.5. The van der Waals surface area contributed by atoms with Gasteiger partial charge in [-0.15, -0.1) is 0 Å². The fourth-order valence-corrected chi connectivity index (χ4v) is 6.03. The quantitative estimate of drug-likeness (QED) is 0.132. The molecule has 1 heterocycles. The topological polar surface area (TPSA) is 70.3 Å². The van der Waals surface area contributed by atoms with Crippen molar-refractivity contribution < 1.29 is 9.15 Å². The van der Waals surface area contributed by atoms with Gasteiger partial charge in [-0.2, -0.15) is 0 Å². The maximum absolute atomic E-state index is 8.82. The lowest BCUT2D eigenvalue weighted by Crippen LogP contribution is -2.38. The third-order valence-corrected chi connectivity index (χ3v) is 8.28. The van der Waals surface area contributed by atoms with Gasteiger partial charge in [0.2, 0.25) is 0 Å². The highest BCUT2D eigenvalue weighted by molar-refractivity contribution is 6.35. The van der Waals surface area contributed by atoms with Gasteiger partial charge in [-0.1, -0.05) is 65.7 Å². The second-order valence-electron chi connectivity index (χ2n) is 10.4. The van der Waals surface area contributed by atoms with Crippen molar-refractivity contribution in [2.75, 3.05) is 7.11 Å². The third-order valence-electron chi connectivity index (χ3n) is 7.69. The van der Waals surface area contributed by atoms with E-state index in [1.165, 1.54) is 24.0 Å². The van der Waals surface area contributed by atoms with Gasteiger partial charge < -0.3 is 19.8 Å². The number of aryl methyl sites for hydroxylation is 2. The predicted molar refractivity (Wildman–Crippen MR) is 167 cm³/mol. The molecular weight excluding hydrogens is 553 g/mol. The molecule has 41 heavy (non-hydrogen) atoms. The van der Waals surface area contributed by atoms with E-state index in [0.29, 0.717) is 28.1 Å². The average Bonchev–Trinajstić information content (AvgIpc) is 3.41. The van der Waals surface area contributed by atoms with E-state index in [2.05, 4.69) is 47.0 Å². The van der Waals surface area contributed by atoms with Gasteiger partial charge in [-0.3, -0.25) is 5.41 Å². The van der Waals surface area contributed by atoms with E-state index in [9.17, 15) is 0 Å². The molecule has 5 nitrogen and oxygen atoms in total. The molecule has 0 spiro atoms. The Morgan fingerprint density at radius 1 is 0.902 bits per heavy atom. The van der Waals surface area contributed by atoms with Gasteiger partial charge in [-0.05, 0) is 96.0 Å². The number of methoxy groups -OCH3 is 1. The Labute approximate surface area is 249 Å². The van der Waals surface area contributed by atoms with Crippen LogP contribution in [-0.2, 0) is 19.4 Å². The standard InChI is InChI=1S/C34H31Cl2N3O2/c1-40-30-14-12-24(21-7-3-2-4-8-21)16-28(30)33(39-34(37)38-20-25-11-13-27(35)19-29(25)36)32-18-26-15-22-9-5-6-10-23(22)17-31(26)41-32/h2-4,7-8,11-19,33H,5-6,9-10,20H2,1H3,(H3,37,38,39). The van der Waals surface area contributed by atoms with Gasteiger partial charge in [0.1, 0.15) is 23.1 Å². The summed E-state index contributed by atoms with van der Waals surface area (Å²) in [7, 11) is 1.66. The molecule has 1 unspecified atom stereocenters. The lowest BCUT2D eigenvalue weighted by atomic mass is 9.91. The molecule has 0 aliphatic heterocycles. The highest BCUT2D eigenvalue weighted by Gasteiger charge is 2.25. The SMILES string of the molecule is COc1ccc(-c2ccccc2)cc1C(NC(=N)NCc1ccc(Cl)cc1Cl)c1cc2cc3c(cc2o1)CCCC3. The summed E-state index contributed by atoms with van der Waals surface area (Å²) in [4.78, 5) is 0. The van der Waals surface area contributed by atoms with Crippen LogP contribution in [0.1, 0.15) is 46.9 Å². The Morgan fingerprint density at radius 2 is 1.68 bits per heavy atom. The summed E-state index contributed by atoms with van der Waals surface area (Å²) in [5, 5.41) is 17.5. The number of furan rings is 1. The molecule has 0 amide bonds. The maximum Gasteiger partial charge on any atom is 0.189 e. The second kappa shape index (κ2) is 11.9. The molecule has 0 fully saturated rings. The van der Waals surface area contributed by atoms with Crippen molar-refractivity contribution in [2.45, 2.75) is 38.3 Å². The Morgan fingerprint density at radius 3 is 2.44 bits per heavy atom. The zero-order chi connectivity index (χ0) is 28.3. The van der Waals surface area contributed by atoms with Crippen LogP contribution in [0.3, 0.4) is 0 Å². The van der Waals surface area contributed by atoms with Gasteiger partial charge in [0.25, 0.3) is 0 Å². The number of nitrogens with one attached hydrogen (secondary N) is 3. The molecule has 1 aliphatic carbocycles. The van der Waals surface area contributed by atoms with Crippen molar-refractivity contribution in [3.05, 3.63) is 123 Å². The highest BCUT2D eigenvalue weighted by Crippen LogP contribution is 2.37. The molecule has 5 aromatic rings. The van der Waals surface area contributed by atoms with Gasteiger partial charge >= 0.3 is 0 Å². The fourth-order valence-electron chi connectivity index (χ4n) is 5.55. The third kappa shape index (κ3) is 5.92. The van der Waals surface area contributed by atoms with Gasteiger partial charge in [0.05, 0.1) is 7.11 Å².